The Kier molecular flexibility index (Phi) is 5.72. The van der Waals surface area contributed by atoms with Crippen molar-refractivity contribution in [1.82, 2.24) is 0 Å². The van der Waals surface area contributed by atoms with Crippen LogP contribution in [-0.4, -0.2) is 23.6 Å². The molecule has 0 aromatic heterocycles. The lowest BCUT2D eigenvalue weighted by molar-refractivity contribution is -0.387. The Morgan fingerprint density at radius 3 is 2.70 bits per heavy atom. The van der Waals surface area contributed by atoms with E-state index in [2.05, 4.69) is 28.4 Å². The molecule has 1 heterocycles. The molecule has 3 aromatic rings. The first kappa shape index (κ1) is 20.0. The number of para-hydroxylation sites is 2. The summed E-state index contributed by atoms with van der Waals surface area (Å²) in [6.07, 6.45) is 2.78. The van der Waals surface area contributed by atoms with Crippen molar-refractivity contribution in [3.8, 4) is 0 Å². The summed E-state index contributed by atoms with van der Waals surface area (Å²) in [5.74, 6) is -0.361. The summed E-state index contributed by atoms with van der Waals surface area (Å²) in [5, 5.41) is 14.3. The van der Waals surface area contributed by atoms with E-state index >= 15 is 0 Å². The van der Waals surface area contributed by atoms with Gasteiger partial charge in [-0.15, -0.1) is 11.8 Å². The number of nitrogens with one attached hydrogen (secondary N) is 1. The van der Waals surface area contributed by atoms with Gasteiger partial charge in [-0.05, 0) is 48.1 Å². The van der Waals surface area contributed by atoms with Crippen LogP contribution in [0.25, 0.3) is 0 Å². The predicted octanol–water partition coefficient (Wildman–Crippen LogP) is 5.13. The number of hydrogen-bond acceptors (Lipinski definition) is 5. The lowest BCUT2D eigenvalue weighted by Crippen LogP contribution is -2.21. The van der Waals surface area contributed by atoms with E-state index in [9.17, 15) is 14.9 Å². The van der Waals surface area contributed by atoms with Crippen molar-refractivity contribution in [3.63, 3.8) is 0 Å². The van der Waals surface area contributed by atoms with Crippen LogP contribution in [0.15, 0.2) is 71.6 Å². The van der Waals surface area contributed by atoms with Gasteiger partial charge in [-0.2, -0.15) is 0 Å². The molecule has 0 saturated heterocycles. The van der Waals surface area contributed by atoms with Crippen LogP contribution < -0.4 is 10.2 Å². The summed E-state index contributed by atoms with van der Waals surface area (Å²) in [7, 11) is 0. The van der Waals surface area contributed by atoms with Crippen molar-refractivity contribution in [2.45, 2.75) is 17.9 Å². The van der Waals surface area contributed by atoms with Crippen molar-refractivity contribution < 1.29 is 9.72 Å². The minimum atomic E-state index is -0.457. The molecule has 30 heavy (non-hydrogen) atoms. The Bertz CT molecular complexity index is 1120. The van der Waals surface area contributed by atoms with Crippen molar-refractivity contribution >= 4 is 34.7 Å². The first-order chi connectivity index (χ1) is 14.6. The van der Waals surface area contributed by atoms with Gasteiger partial charge >= 0.3 is 0 Å². The molecule has 0 fully saturated rings. The molecular weight excluding hydrogens is 398 g/mol. The van der Waals surface area contributed by atoms with Crippen molar-refractivity contribution in [1.29, 1.82) is 0 Å². The Morgan fingerprint density at radius 1 is 1.13 bits per heavy atom. The summed E-state index contributed by atoms with van der Waals surface area (Å²) in [6, 6.07) is 20.6. The largest absolute Gasteiger partial charge is 0.367 e. The van der Waals surface area contributed by atoms with Gasteiger partial charge in [0.15, 0.2) is 0 Å². The highest BCUT2D eigenvalue weighted by atomic mass is 32.2. The van der Waals surface area contributed by atoms with Crippen LogP contribution in [0.4, 0.5) is 17.1 Å². The maximum atomic E-state index is 12.8. The molecule has 1 aliphatic rings. The topological polar surface area (TPSA) is 75.5 Å². The van der Waals surface area contributed by atoms with Gasteiger partial charge in [-0.25, -0.2) is 0 Å². The van der Waals surface area contributed by atoms with Gasteiger partial charge in [0.2, 0.25) is 0 Å². The Balaban J connectivity index is 1.56. The van der Waals surface area contributed by atoms with E-state index in [0.29, 0.717) is 17.1 Å². The van der Waals surface area contributed by atoms with Crippen molar-refractivity contribution in [2.75, 3.05) is 23.0 Å². The molecule has 1 aliphatic heterocycles. The number of nitro groups is 1. The number of rotatable bonds is 6. The number of hydrogen-bond donors (Lipinski definition) is 1. The summed E-state index contributed by atoms with van der Waals surface area (Å²) in [4.78, 5) is 26.5. The van der Waals surface area contributed by atoms with Gasteiger partial charge in [0.25, 0.3) is 11.6 Å². The highest BCUT2D eigenvalue weighted by Crippen LogP contribution is 2.31. The highest BCUT2D eigenvalue weighted by molar-refractivity contribution is 7.98. The van der Waals surface area contributed by atoms with Gasteiger partial charge in [0.05, 0.1) is 9.82 Å². The average molecular weight is 420 g/mol. The first-order valence-electron chi connectivity index (χ1n) is 9.61. The number of amides is 1. The second-order valence-electron chi connectivity index (χ2n) is 7.06. The molecule has 4 rings (SSSR count). The predicted molar refractivity (Wildman–Crippen MR) is 120 cm³/mol. The lowest BCUT2D eigenvalue weighted by atomic mass is 10.1. The van der Waals surface area contributed by atoms with Crippen LogP contribution >= 0.6 is 11.8 Å². The molecule has 3 aromatic carbocycles. The number of nitro benzene ring substituents is 1. The third kappa shape index (κ3) is 4.02. The zero-order valence-electron chi connectivity index (χ0n) is 16.5. The van der Waals surface area contributed by atoms with Crippen LogP contribution in [-0.2, 0) is 13.0 Å². The number of thioether (sulfide) groups is 1. The van der Waals surface area contributed by atoms with Gasteiger partial charge in [0, 0.05) is 36.1 Å². The van der Waals surface area contributed by atoms with Gasteiger partial charge in [-0.3, -0.25) is 14.9 Å². The van der Waals surface area contributed by atoms with Crippen molar-refractivity contribution in [3.05, 3.63) is 93.5 Å². The normalized spacial score (nSPS) is 12.5. The lowest BCUT2D eigenvalue weighted by Gasteiger charge is -2.21. The Morgan fingerprint density at radius 2 is 1.90 bits per heavy atom. The zero-order valence-corrected chi connectivity index (χ0v) is 17.3. The number of anilines is 2. The number of fused-ring (bicyclic) bond motifs is 1. The summed E-state index contributed by atoms with van der Waals surface area (Å²) in [6.45, 7) is 1.61. The molecule has 6 nitrogen and oxygen atoms in total. The fourth-order valence-electron chi connectivity index (χ4n) is 3.72. The van der Waals surface area contributed by atoms with E-state index in [1.807, 2.05) is 30.3 Å². The molecule has 0 atom stereocenters. The summed E-state index contributed by atoms with van der Waals surface area (Å²) < 4.78 is 0. The first-order valence-corrected chi connectivity index (χ1v) is 10.8. The quantitative estimate of drug-likeness (QED) is 0.340. The third-order valence-corrected chi connectivity index (χ3v) is 6.03. The van der Waals surface area contributed by atoms with E-state index in [1.54, 1.807) is 18.4 Å². The minimum Gasteiger partial charge on any atom is -0.367 e. The molecule has 0 radical (unpaired) electrons. The molecular formula is C23H21N3O3S. The van der Waals surface area contributed by atoms with E-state index in [4.69, 9.17) is 0 Å². The summed E-state index contributed by atoms with van der Waals surface area (Å²) >= 11 is 1.28. The third-order valence-electron chi connectivity index (χ3n) is 5.25. The molecule has 1 amide bonds. The van der Waals surface area contributed by atoms with E-state index < -0.39 is 4.92 Å². The van der Waals surface area contributed by atoms with Gasteiger partial charge < -0.3 is 10.2 Å². The number of carbonyl (C=O) groups is 1. The second kappa shape index (κ2) is 8.59. The van der Waals surface area contributed by atoms with Crippen LogP contribution in [0, 0.1) is 10.1 Å². The Hall–Kier alpha value is -3.32. The number of benzene rings is 3. The maximum Gasteiger partial charge on any atom is 0.283 e. The van der Waals surface area contributed by atoms with Crippen LogP contribution in [0.2, 0.25) is 0 Å². The molecule has 0 bridgehead atoms. The second-order valence-corrected chi connectivity index (χ2v) is 7.90. The van der Waals surface area contributed by atoms with Crippen LogP contribution in [0.3, 0.4) is 0 Å². The maximum absolute atomic E-state index is 12.8. The van der Waals surface area contributed by atoms with Gasteiger partial charge in [0.1, 0.15) is 0 Å². The molecule has 0 saturated carbocycles. The van der Waals surface area contributed by atoms with Gasteiger partial charge in [-0.1, -0.05) is 36.4 Å². The molecule has 0 unspecified atom stereocenters. The molecule has 152 valence electrons. The minimum absolute atomic E-state index is 0.0582. The number of carbonyl (C=O) groups excluding carboxylic acids is 1. The highest BCUT2D eigenvalue weighted by Gasteiger charge is 2.21. The van der Waals surface area contributed by atoms with E-state index in [1.165, 1.54) is 29.1 Å². The van der Waals surface area contributed by atoms with Crippen LogP contribution in [0.5, 0.6) is 0 Å². The molecule has 7 heteroatoms. The van der Waals surface area contributed by atoms with Crippen molar-refractivity contribution in [2.24, 2.45) is 0 Å². The zero-order chi connectivity index (χ0) is 21.1. The fraction of sp³-hybridized carbons (Fsp3) is 0.174. The average Bonchev–Trinajstić information content (AvgIpc) is 3.17. The molecule has 1 N–H and O–H groups in total. The monoisotopic (exact) mass is 419 g/mol. The fourth-order valence-corrected chi connectivity index (χ4v) is 4.27. The Labute approximate surface area is 179 Å². The summed E-state index contributed by atoms with van der Waals surface area (Å²) in [5.41, 5.74) is 4.47. The van der Waals surface area contributed by atoms with Crippen LogP contribution in [0.1, 0.15) is 21.5 Å². The SMILES string of the molecule is CSc1ccc(C(=O)Nc2ccccc2CN2CCc3ccccc32)cc1[N+](=O)[O-]. The molecule has 0 spiro atoms. The number of nitrogens with zero attached hydrogens (tertiary/aromatic N) is 2. The van der Waals surface area contributed by atoms with E-state index in [-0.39, 0.29) is 17.2 Å². The van der Waals surface area contributed by atoms with E-state index in [0.717, 1.165) is 18.5 Å². The standard InChI is InChI=1S/C23H21N3O3S/c1-30-22-11-10-17(14-21(22)26(28)29)23(27)24-19-8-4-2-7-18(19)15-25-13-12-16-6-3-5-9-20(16)25/h2-11,14H,12-13,15H2,1H3,(H,24,27). The molecule has 0 aliphatic carbocycles. The smallest absolute Gasteiger partial charge is 0.283 e.